The molecule has 0 aliphatic rings. The second kappa shape index (κ2) is 9.22. The van der Waals surface area contributed by atoms with E-state index in [0.29, 0.717) is 0 Å². The van der Waals surface area contributed by atoms with Crippen LogP contribution >= 0.6 is 15.9 Å². The van der Waals surface area contributed by atoms with Gasteiger partial charge in [0.25, 0.3) is 0 Å². The summed E-state index contributed by atoms with van der Waals surface area (Å²) in [4.78, 5) is 1.95. The summed E-state index contributed by atoms with van der Waals surface area (Å²) in [5.41, 5.74) is 0. The molecule has 0 aromatic heterocycles. The van der Waals surface area contributed by atoms with Crippen molar-refractivity contribution in [3.8, 4) is 0 Å². The fourth-order valence-electron chi connectivity index (χ4n) is 0.929. The Bertz CT molecular complexity index is 76.8. The summed E-state index contributed by atoms with van der Waals surface area (Å²) in [6.07, 6.45) is 10.3. The average Bonchev–Trinajstić information content (AvgIpc) is 1.97. The molecule has 0 heterocycles. The topological polar surface area (TPSA) is 0 Å². The molecule has 0 atom stereocenters. The zero-order chi connectivity index (χ0) is 7.66. The highest BCUT2D eigenvalue weighted by Gasteiger charge is 1.85. The normalized spacial score (nSPS) is 11.0. The van der Waals surface area contributed by atoms with Crippen LogP contribution in [0.5, 0.6) is 0 Å². The first-order valence-corrected chi connectivity index (χ1v) is 5.08. The van der Waals surface area contributed by atoms with E-state index in [4.69, 9.17) is 0 Å². The van der Waals surface area contributed by atoms with Gasteiger partial charge >= 0.3 is 0 Å². The minimum atomic E-state index is 1.23. The van der Waals surface area contributed by atoms with E-state index in [1.807, 2.05) is 4.99 Å². The smallest absolute Gasteiger partial charge is 0.0229 e. The van der Waals surface area contributed by atoms with E-state index < -0.39 is 0 Å². The first kappa shape index (κ1) is 10.2. The SMILES string of the molecule is CCCCCCC/C=C/[76Br]. The summed E-state index contributed by atoms with van der Waals surface area (Å²) < 4.78 is 0. The van der Waals surface area contributed by atoms with Crippen molar-refractivity contribution >= 4 is 15.9 Å². The minimum absolute atomic E-state index is 1.23. The largest absolute Gasteiger partial charge is 0.0776 e. The van der Waals surface area contributed by atoms with Crippen molar-refractivity contribution in [2.45, 2.75) is 45.4 Å². The number of unbranched alkanes of at least 4 members (excludes halogenated alkanes) is 5. The predicted octanol–water partition coefficient (Wildman–Crippen LogP) is 4.26. The summed E-state index contributed by atoms with van der Waals surface area (Å²) in [7, 11) is 0. The Balaban J connectivity index is 2.77. The molecule has 0 amide bonds. The molecule has 0 N–H and O–H groups in total. The lowest BCUT2D eigenvalue weighted by atomic mass is 10.1. The van der Waals surface area contributed by atoms with Crippen molar-refractivity contribution in [3.63, 3.8) is 0 Å². The van der Waals surface area contributed by atoms with Gasteiger partial charge in [0, 0.05) is 0 Å². The molecule has 0 saturated carbocycles. The number of hydrogen-bond donors (Lipinski definition) is 0. The Kier molecular flexibility index (Phi) is 9.42. The van der Waals surface area contributed by atoms with Crippen molar-refractivity contribution in [3.05, 3.63) is 11.1 Å². The molecule has 0 rings (SSSR count). The van der Waals surface area contributed by atoms with Gasteiger partial charge in [0.05, 0.1) is 0 Å². The highest BCUT2D eigenvalue weighted by molar-refractivity contribution is 9.11. The lowest BCUT2D eigenvalue weighted by molar-refractivity contribution is 0.637. The Hall–Kier alpha value is 0.220. The zero-order valence-corrected chi connectivity index (χ0v) is 8.36. The van der Waals surface area contributed by atoms with Crippen LogP contribution in [0, 0.1) is 0 Å². The van der Waals surface area contributed by atoms with Crippen molar-refractivity contribution < 1.29 is 0 Å². The van der Waals surface area contributed by atoms with Gasteiger partial charge in [-0.15, -0.1) is 0 Å². The summed E-state index contributed by atoms with van der Waals surface area (Å²) in [6, 6.07) is 0. The van der Waals surface area contributed by atoms with Crippen LogP contribution < -0.4 is 0 Å². The fraction of sp³-hybridized carbons (Fsp3) is 0.778. The Morgan fingerprint density at radius 1 is 1.10 bits per heavy atom. The fourth-order valence-corrected chi connectivity index (χ4v) is 1.19. The quantitative estimate of drug-likeness (QED) is 0.563. The standard InChI is InChI=1S/C9H17Br/c1-2-3-4-5-6-7-8-9-10/h8-9H,2-7H2,1H3/b9-8+/i10-4. The van der Waals surface area contributed by atoms with Gasteiger partial charge in [-0.3, -0.25) is 0 Å². The second-order valence-corrected chi connectivity index (χ2v) is 3.09. The molecular weight excluding hydrogens is 184 g/mol. The first-order chi connectivity index (χ1) is 4.91. The molecule has 0 nitrogen and oxygen atoms in total. The summed E-state index contributed by atoms with van der Waals surface area (Å²) >= 11 is 3.25. The number of halogens is 1. The second-order valence-electron chi connectivity index (χ2n) is 2.56. The average molecular weight is 201 g/mol. The highest BCUT2D eigenvalue weighted by atomic mass is 75.9. The van der Waals surface area contributed by atoms with Gasteiger partial charge in [-0.1, -0.05) is 54.6 Å². The molecule has 0 aromatic rings. The third-order valence-electron chi connectivity index (χ3n) is 1.56. The lowest BCUT2D eigenvalue weighted by Gasteiger charge is -1.94. The first-order valence-electron chi connectivity index (χ1n) is 4.17. The van der Waals surface area contributed by atoms with Gasteiger partial charge in [0.15, 0.2) is 0 Å². The van der Waals surface area contributed by atoms with E-state index >= 15 is 0 Å². The molecule has 0 aliphatic heterocycles. The molecule has 1 heteroatoms. The van der Waals surface area contributed by atoms with Crippen LogP contribution in [0.15, 0.2) is 11.1 Å². The van der Waals surface area contributed by atoms with Crippen LogP contribution in [-0.2, 0) is 0 Å². The predicted molar refractivity (Wildman–Crippen MR) is 51.4 cm³/mol. The molecule has 0 unspecified atom stereocenters. The van der Waals surface area contributed by atoms with Crippen LogP contribution in [0.25, 0.3) is 0 Å². The van der Waals surface area contributed by atoms with E-state index in [9.17, 15) is 0 Å². The van der Waals surface area contributed by atoms with Gasteiger partial charge in [-0.05, 0) is 17.8 Å². The maximum atomic E-state index is 3.25. The number of allylic oxidation sites excluding steroid dienone is 1. The minimum Gasteiger partial charge on any atom is -0.0776 e. The van der Waals surface area contributed by atoms with E-state index in [0.717, 1.165) is 0 Å². The van der Waals surface area contributed by atoms with Gasteiger partial charge in [-0.2, -0.15) is 0 Å². The molecule has 60 valence electrons. The molecule has 0 bridgehead atoms. The number of hydrogen-bond acceptors (Lipinski definition) is 0. The van der Waals surface area contributed by atoms with Gasteiger partial charge in [0.1, 0.15) is 0 Å². The molecule has 0 radical (unpaired) electrons. The molecule has 10 heavy (non-hydrogen) atoms. The van der Waals surface area contributed by atoms with Gasteiger partial charge in [-0.25, -0.2) is 0 Å². The third-order valence-corrected chi connectivity index (χ3v) is 1.94. The molecular formula is C9H17Br. The summed E-state index contributed by atoms with van der Waals surface area (Å²) in [5, 5.41) is 0. The zero-order valence-electron chi connectivity index (χ0n) is 6.78. The Morgan fingerprint density at radius 3 is 2.40 bits per heavy atom. The summed E-state index contributed by atoms with van der Waals surface area (Å²) in [6.45, 7) is 2.25. The van der Waals surface area contributed by atoms with E-state index in [1.54, 1.807) is 0 Å². The van der Waals surface area contributed by atoms with E-state index in [-0.39, 0.29) is 0 Å². The third kappa shape index (κ3) is 8.22. The summed E-state index contributed by atoms with van der Waals surface area (Å²) in [5.74, 6) is 0. The van der Waals surface area contributed by atoms with Crippen molar-refractivity contribution in [2.24, 2.45) is 0 Å². The van der Waals surface area contributed by atoms with Gasteiger partial charge in [0.2, 0.25) is 0 Å². The van der Waals surface area contributed by atoms with Crippen LogP contribution in [-0.4, -0.2) is 0 Å². The van der Waals surface area contributed by atoms with E-state index in [1.165, 1.54) is 38.5 Å². The maximum absolute atomic E-state index is 3.25. The van der Waals surface area contributed by atoms with Crippen LogP contribution in [0.1, 0.15) is 45.4 Å². The number of rotatable bonds is 6. The molecule has 0 aromatic carbocycles. The van der Waals surface area contributed by atoms with Gasteiger partial charge < -0.3 is 0 Å². The molecule has 0 fully saturated rings. The Morgan fingerprint density at radius 2 is 1.80 bits per heavy atom. The van der Waals surface area contributed by atoms with E-state index in [2.05, 4.69) is 28.9 Å². The molecule has 0 saturated heterocycles. The lowest BCUT2D eigenvalue weighted by Crippen LogP contribution is -1.75. The van der Waals surface area contributed by atoms with Crippen LogP contribution in [0.3, 0.4) is 0 Å². The van der Waals surface area contributed by atoms with Crippen molar-refractivity contribution in [1.29, 1.82) is 0 Å². The monoisotopic (exact) mass is 201 g/mol. The van der Waals surface area contributed by atoms with Crippen molar-refractivity contribution in [1.82, 2.24) is 0 Å². The highest BCUT2D eigenvalue weighted by Crippen LogP contribution is 2.05. The Labute approximate surface area is 72.8 Å². The molecule has 0 aliphatic carbocycles. The van der Waals surface area contributed by atoms with Crippen molar-refractivity contribution in [2.75, 3.05) is 0 Å². The molecule has 0 spiro atoms. The van der Waals surface area contributed by atoms with Crippen LogP contribution in [0.2, 0.25) is 0 Å². The van der Waals surface area contributed by atoms with Crippen LogP contribution in [0.4, 0.5) is 0 Å². The maximum Gasteiger partial charge on any atom is -0.0229 e.